The van der Waals surface area contributed by atoms with Gasteiger partial charge in [-0.05, 0) is 43.7 Å². The van der Waals surface area contributed by atoms with Crippen molar-refractivity contribution >= 4 is 22.9 Å². The van der Waals surface area contributed by atoms with E-state index in [1.54, 1.807) is 0 Å². The molecule has 1 N–H and O–H groups in total. The molecule has 5 heteroatoms. The normalized spacial score (nSPS) is 17.8. The highest BCUT2D eigenvalue weighted by Crippen LogP contribution is 2.27. The third-order valence-electron chi connectivity index (χ3n) is 5.18. The summed E-state index contributed by atoms with van der Waals surface area (Å²) in [7, 11) is 0. The van der Waals surface area contributed by atoms with Gasteiger partial charge in [-0.25, -0.2) is 4.98 Å². The predicted molar refractivity (Wildman–Crippen MR) is 107 cm³/mol. The van der Waals surface area contributed by atoms with Crippen LogP contribution in [0.4, 0.5) is 5.95 Å². The molecule has 1 aliphatic rings. The lowest BCUT2D eigenvalue weighted by molar-refractivity contribution is -0.125. The van der Waals surface area contributed by atoms with E-state index in [1.165, 1.54) is 5.52 Å². The van der Waals surface area contributed by atoms with E-state index in [2.05, 4.69) is 53.8 Å². The number of anilines is 1. The molecular formula is C21H32N4O. The van der Waals surface area contributed by atoms with E-state index < -0.39 is 0 Å². The minimum atomic E-state index is 0.0609. The standard InChI is InChI=1S/C21H32N4O/c1-4-13-25-19-10-6-5-9-18(19)23-21(25)24-14-7-8-17(15-24)20(26)22-12-11-16(2)3/h5-6,9-10,16-17H,4,7-8,11-15H2,1-3H3,(H,22,26). The summed E-state index contributed by atoms with van der Waals surface area (Å²) in [6.45, 7) is 10.0. The Hall–Kier alpha value is -2.04. The Morgan fingerprint density at radius 2 is 2.15 bits per heavy atom. The van der Waals surface area contributed by atoms with Crippen molar-refractivity contribution in [2.24, 2.45) is 11.8 Å². The van der Waals surface area contributed by atoms with Gasteiger partial charge in [-0.3, -0.25) is 4.79 Å². The zero-order valence-corrected chi connectivity index (χ0v) is 16.4. The number of carbonyl (C=O) groups is 1. The van der Waals surface area contributed by atoms with Crippen LogP contribution in [0.3, 0.4) is 0 Å². The maximum Gasteiger partial charge on any atom is 0.224 e. The fourth-order valence-corrected chi connectivity index (χ4v) is 3.75. The molecule has 0 radical (unpaired) electrons. The Balaban J connectivity index is 1.74. The molecule has 1 fully saturated rings. The van der Waals surface area contributed by atoms with Gasteiger partial charge in [0.25, 0.3) is 0 Å². The first-order valence-electron chi connectivity index (χ1n) is 10.1. The largest absolute Gasteiger partial charge is 0.356 e. The Morgan fingerprint density at radius 1 is 1.35 bits per heavy atom. The molecule has 0 aliphatic carbocycles. The van der Waals surface area contributed by atoms with Crippen molar-refractivity contribution in [2.75, 3.05) is 24.5 Å². The zero-order valence-electron chi connectivity index (χ0n) is 16.4. The number of amides is 1. The van der Waals surface area contributed by atoms with E-state index in [4.69, 9.17) is 4.98 Å². The van der Waals surface area contributed by atoms with Gasteiger partial charge in [0.2, 0.25) is 11.9 Å². The van der Waals surface area contributed by atoms with Crippen LogP contribution in [0.2, 0.25) is 0 Å². The molecule has 2 aromatic rings. The van der Waals surface area contributed by atoms with Crippen molar-refractivity contribution in [3.63, 3.8) is 0 Å². The molecule has 1 atom stereocenters. The summed E-state index contributed by atoms with van der Waals surface area (Å²) < 4.78 is 2.31. The summed E-state index contributed by atoms with van der Waals surface area (Å²) in [5.41, 5.74) is 2.23. The molecular weight excluding hydrogens is 324 g/mol. The molecule has 1 saturated heterocycles. The molecule has 1 aliphatic heterocycles. The average molecular weight is 357 g/mol. The number of piperidine rings is 1. The van der Waals surface area contributed by atoms with E-state index in [-0.39, 0.29) is 11.8 Å². The minimum absolute atomic E-state index is 0.0609. The highest BCUT2D eigenvalue weighted by atomic mass is 16.1. The van der Waals surface area contributed by atoms with Gasteiger partial charge in [0.1, 0.15) is 0 Å². The van der Waals surface area contributed by atoms with Crippen LogP contribution in [-0.4, -0.2) is 35.1 Å². The number of fused-ring (bicyclic) bond motifs is 1. The second-order valence-electron chi connectivity index (χ2n) is 7.81. The number of aromatic nitrogens is 2. The van der Waals surface area contributed by atoms with Crippen LogP contribution >= 0.6 is 0 Å². The van der Waals surface area contributed by atoms with Gasteiger partial charge >= 0.3 is 0 Å². The highest BCUT2D eigenvalue weighted by Gasteiger charge is 2.28. The molecule has 1 unspecified atom stereocenters. The Morgan fingerprint density at radius 3 is 2.92 bits per heavy atom. The van der Waals surface area contributed by atoms with E-state index >= 15 is 0 Å². The van der Waals surface area contributed by atoms with Crippen molar-refractivity contribution in [3.8, 4) is 0 Å². The second kappa shape index (κ2) is 8.56. The van der Waals surface area contributed by atoms with Gasteiger partial charge < -0.3 is 14.8 Å². The first kappa shape index (κ1) is 18.7. The number of rotatable bonds is 7. The van der Waals surface area contributed by atoms with Crippen molar-refractivity contribution in [3.05, 3.63) is 24.3 Å². The summed E-state index contributed by atoms with van der Waals surface area (Å²) in [5.74, 6) is 1.90. The van der Waals surface area contributed by atoms with Crippen molar-refractivity contribution in [1.29, 1.82) is 0 Å². The van der Waals surface area contributed by atoms with E-state index in [0.29, 0.717) is 5.92 Å². The molecule has 0 saturated carbocycles. The number of carbonyl (C=O) groups excluding carboxylic acids is 1. The van der Waals surface area contributed by atoms with Crippen LogP contribution in [0.25, 0.3) is 11.0 Å². The van der Waals surface area contributed by atoms with Crippen molar-refractivity contribution in [1.82, 2.24) is 14.9 Å². The van der Waals surface area contributed by atoms with Crippen LogP contribution in [-0.2, 0) is 11.3 Å². The van der Waals surface area contributed by atoms with E-state index in [1.807, 2.05) is 6.07 Å². The number of aryl methyl sites for hydroxylation is 1. The summed E-state index contributed by atoms with van der Waals surface area (Å²) in [4.78, 5) is 19.8. The minimum Gasteiger partial charge on any atom is -0.356 e. The molecule has 0 bridgehead atoms. The van der Waals surface area contributed by atoms with E-state index in [9.17, 15) is 4.79 Å². The van der Waals surface area contributed by atoms with Crippen molar-refractivity contribution in [2.45, 2.75) is 53.0 Å². The van der Waals surface area contributed by atoms with Gasteiger partial charge in [0.15, 0.2) is 0 Å². The highest BCUT2D eigenvalue weighted by molar-refractivity contribution is 5.81. The summed E-state index contributed by atoms with van der Waals surface area (Å²) in [5, 5.41) is 3.13. The lowest BCUT2D eigenvalue weighted by Crippen LogP contribution is -2.44. The molecule has 1 aromatic heterocycles. The molecule has 5 nitrogen and oxygen atoms in total. The fraction of sp³-hybridized carbons (Fsp3) is 0.619. The number of hydrogen-bond donors (Lipinski definition) is 1. The molecule has 1 aromatic carbocycles. The zero-order chi connectivity index (χ0) is 18.5. The van der Waals surface area contributed by atoms with Crippen LogP contribution in [0.1, 0.15) is 46.5 Å². The maximum atomic E-state index is 12.6. The summed E-state index contributed by atoms with van der Waals surface area (Å²) in [6.07, 6.45) is 4.12. The molecule has 0 spiro atoms. The second-order valence-corrected chi connectivity index (χ2v) is 7.81. The molecule has 2 heterocycles. The third-order valence-corrected chi connectivity index (χ3v) is 5.18. The number of para-hydroxylation sites is 2. The monoisotopic (exact) mass is 356 g/mol. The van der Waals surface area contributed by atoms with Crippen LogP contribution < -0.4 is 10.2 Å². The summed E-state index contributed by atoms with van der Waals surface area (Å²) >= 11 is 0. The SMILES string of the molecule is CCCn1c(N2CCCC(C(=O)NCCC(C)C)C2)nc2ccccc21. The summed E-state index contributed by atoms with van der Waals surface area (Å²) in [6, 6.07) is 8.32. The van der Waals surface area contributed by atoms with Crippen molar-refractivity contribution < 1.29 is 4.79 Å². The van der Waals surface area contributed by atoms with Crippen LogP contribution in [0.5, 0.6) is 0 Å². The van der Waals surface area contributed by atoms with Crippen LogP contribution in [0, 0.1) is 11.8 Å². The quantitative estimate of drug-likeness (QED) is 0.820. The molecule has 1 amide bonds. The van der Waals surface area contributed by atoms with Gasteiger partial charge in [-0.2, -0.15) is 0 Å². The fourth-order valence-electron chi connectivity index (χ4n) is 3.75. The molecule has 3 rings (SSSR count). The Bertz CT molecular complexity index is 737. The number of imidazole rings is 1. The Labute approximate surface area is 156 Å². The van der Waals surface area contributed by atoms with Crippen LogP contribution in [0.15, 0.2) is 24.3 Å². The average Bonchev–Trinajstić information content (AvgIpc) is 3.01. The van der Waals surface area contributed by atoms with E-state index in [0.717, 1.165) is 63.3 Å². The number of benzene rings is 1. The van der Waals surface area contributed by atoms with Gasteiger partial charge in [-0.1, -0.05) is 32.9 Å². The smallest absolute Gasteiger partial charge is 0.224 e. The predicted octanol–water partition coefficient (Wildman–Crippen LogP) is 3.83. The maximum absolute atomic E-state index is 12.6. The van der Waals surface area contributed by atoms with Gasteiger partial charge in [-0.15, -0.1) is 0 Å². The lowest BCUT2D eigenvalue weighted by Gasteiger charge is -2.33. The number of nitrogens with zero attached hydrogens (tertiary/aromatic N) is 3. The first-order chi connectivity index (χ1) is 12.6. The van der Waals surface area contributed by atoms with Gasteiger partial charge in [0.05, 0.1) is 17.0 Å². The number of nitrogens with one attached hydrogen (secondary N) is 1. The lowest BCUT2D eigenvalue weighted by atomic mass is 9.97. The Kier molecular flexibility index (Phi) is 6.17. The topological polar surface area (TPSA) is 50.2 Å². The first-order valence-corrected chi connectivity index (χ1v) is 10.1. The van der Waals surface area contributed by atoms with Gasteiger partial charge in [0, 0.05) is 26.2 Å². The molecule has 142 valence electrons. The number of hydrogen-bond acceptors (Lipinski definition) is 3. The molecule has 26 heavy (non-hydrogen) atoms. The third kappa shape index (κ3) is 4.19.